The van der Waals surface area contributed by atoms with Crippen molar-refractivity contribution in [3.63, 3.8) is 0 Å². The number of aromatic nitrogens is 2. The van der Waals surface area contributed by atoms with E-state index in [1.165, 1.54) is 5.69 Å². The van der Waals surface area contributed by atoms with Crippen LogP contribution in [0.4, 0.5) is 0 Å². The third kappa shape index (κ3) is 8.51. The van der Waals surface area contributed by atoms with E-state index >= 15 is 0 Å². The number of nitrogens with zero attached hydrogens (tertiary/aromatic N) is 2. The van der Waals surface area contributed by atoms with Crippen LogP contribution in [0.15, 0.2) is 59.6 Å². The van der Waals surface area contributed by atoms with Crippen LogP contribution >= 0.6 is 59.4 Å². The maximum atomic E-state index is 5.64. The molecule has 0 amide bonds. The number of rotatable bonds is 3. The first-order chi connectivity index (χ1) is 11.6. The quantitative estimate of drug-likeness (QED) is 0.345. The summed E-state index contributed by atoms with van der Waals surface area (Å²) in [5, 5.41) is 3.24. The van der Waals surface area contributed by atoms with Gasteiger partial charge in [-0.2, -0.15) is 0 Å². The van der Waals surface area contributed by atoms with Gasteiger partial charge in [0.05, 0.1) is 16.6 Å². The van der Waals surface area contributed by atoms with Gasteiger partial charge in [0.15, 0.2) is 0 Å². The molecule has 0 N–H and O–H groups in total. The molecule has 3 aromatic rings. The number of hydrogen-bond acceptors (Lipinski definition) is 2. The average Bonchev–Trinajstić information content (AvgIpc) is 3.27. The van der Waals surface area contributed by atoms with Gasteiger partial charge in [0.1, 0.15) is 5.76 Å². The molecule has 0 spiro atoms. The van der Waals surface area contributed by atoms with Crippen molar-refractivity contribution in [3.8, 4) is 0 Å². The smallest absolute Gasteiger partial charge is 0.114 e. The molecular weight excluding hydrogens is 523 g/mol. The van der Waals surface area contributed by atoms with E-state index < -0.39 is 0 Å². The van der Waals surface area contributed by atoms with Crippen LogP contribution in [-0.4, -0.2) is 9.55 Å². The zero-order chi connectivity index (χ0) is 17.8. The monoisotopic (exact) mass is 538 g/mol. The lowest BCUT2D eigenvalue weighted by Crippen LogP contribution is -1.88. The number of aryl methyl sites for hydroxylation is 1. The van der Waals surface area contributed by atoms with Crippen LogP contribution in [0.25, 0.3) is 0 Å². The summed E-state index contributed by atoms with van der Waals surface area (Å²) in [5.74, 6) is 0.972. The molecule has 3 rings (SSSR count). The first-order valence-electron chi connectivity index (χ1n) is 7.00. The van der Waals surface area contributed by atoms with E-state index in [2.05, 4.69) is 63.4 Å². The molecule has 0 saturated heterocycles. The predicted octanol–water partition coefficient (Wildman–Crippen LogP) is 6.72. The molecule has 0 saturated carbocycles. The zero-order valence-corrected chi connectivity index (χ0v) is 18.6. The Bertz CT molecular complexity index is 687. The molecular formula is C17H18Br3ClN2O. The van der Waals surface area contributed by atoms with Gasteiger partial charge < -0.3 is 8.98 Å². The standard InChI is InChI=1S/C6H5BrClN.C6H8BrN.C5H5BrO/c7-2-5-1-6(8)4-9-3-5;1-8-4-2-3-6(8)5-7;6-4-5-2-1-3-7-5/h1,3-4H,2H2;2-4H,5H2,1H3;1-3H,4H2. The lowest BCUT2D eigenvalue weighted by molar-refractivity contribution is 0.531. The van der Waals surface area contributed by atoms with Crippen molar-refractivity contribution in [2.45, 2.75) is 16.0 Å². The fourth-order valence-corrected chi connectivity index (χ4v) is 2.96. The second kappa shape index (κ2) is 12.8. The number of furan rings is 1. The summed E-state index contributed by atoms with van der Waals surface area (Å²) in [6, 6.07) is 9.81. The Morgan fingerprint density at radius 3 is 2.21 bits per heavy atom. The minimum atomic E-state index is 0.687. The van der Waals surface area contributed by atoms with E-state index in [4.69, 9.17) is 16.0 Å². The molecule has 24 heavy (non-hydrogen) atoms. The highest BCUT2D eigenvalue weighted by Crippen LogP contribution is 2.10. The van der Waals surface area contributed by atoms with E-state index in [0.29, 0.717) is 5.02 Å². The van der Waals surface area contributed by atoms with Crippen molar-refractivity contribution in [1.82, 2.24) is 9.55 Å². The van der Waals surface area contributed by atoms with Gasteiger partial charge >= 0.3 is 0 Å². The van der Waals surface area contributed by atoms with Crippen molar-refractivity contribution in [2.75, 3.05) is 0 Å². The summed E-state index contributed by atoms with van der Waals surface area (Å²) in [5.41, 5.74) is 2.41. The van der Waals surface area contributed by atoms with Gasteiger partial charge in [-0.05, 0) is 35.9 Å². The lowest BCUT2D eigenvalue weighted by Gasteiger charge is -1.94. The van der Waals surface area contributed by atoms with E-state index in [1.807, 2.05) is 37.5 Å². The number of halogens is 4. The Balaban J connectivity index is 0.000000181. The molecule has 0 radical (unpaired) electrons. The largest absolute Gasteiger partial charge is 0.468 e. The maximum Gasteiger partial charge on any atom is 0.114 e. The van der Waals surface area contributed by atoms with Crippen LogP contribution in [0.1, 0.15) is 17.0 Å². The topological polar surface area (TPSA) is 31.0 Å². The lowest BCUT2D eigenvalue weighted by atomic mass is 10.3. The van der Waals surface area contributed by atoms with E-state index in [9.17, 15) is 0 Å². The zero-order valence-electron chi connectivity index (χ0n) is 13.1. The van der Waals surface area contributed by atoms with Crippen LogP contribution < -0.4 is 0 Å². The van der Waals surface area contributed by atoms with Crippen molar-refractivity contribution in [2.24, 2.45) is 7.05 Å². The van der Waals surface area contributed by atoms with Gasteiger partial charge in [-0.1, -0.05) is 59.4 Å². The predicted molar refractivity (Wildman–Crippen MR) is 111 cm³/mol. The Labute approximate surface area is 172 Å². The molecule has 0 aliphatic heterocycles. The summed E-state index contributed by atoms with van der Waals surface area (Å²) in [4.78, 5) is 3.89. The number of pyridine rings is 1. The molecule has 0 atom stereocenters. The summed E-state index contributed by atoms with van der Waals surface area (Å²) < 4.78 is 7.03. The number of hydrogen-bond donors (Lipinski definition) is 0. The number of alkyl halides is 3. The molecule has 130 valence electrons. The Hall–Kier alpha value is -0.560. The van der Waals surface area contributed by atoms with Gasteiger partial charge in [0.2, 0.25) is 0 Å². The van der Waals surface area contributed by atoms with Gasteiger partial charge in [-0.15, -0.1) is 0 Å². The maximum absolute atomic E-state index is 5.64. The fraction of sp³-hybridized carbons (Fsp3) is 0.235. The first kappa shape index (κ1) is 21.5. The van der Waals surface area contributed by atoms with Crippen LogP contribution in [0.3, 0.4) is 0 Å². The first-order valence-corrected chi connectivity index (χ1v) is 10.7. The van der Waals surface area contributed by atoms with Crippen LogP contribution in [-0.2, 0) is 23.0 Å². The Morgan fingerprint density at radius 2 is 1.88 bits per heavy atom. The molecule has 0 unspecified atom stereocenters. The Morgan fingerprint density at radius 1 is 1.08 bits per heavy atom. The molecule has 7 heteroatoms. The second-order valence-electron chi connectivity index (χ2n) is 4.60. The van der Waals surface area contributed by atoms with Gasteiger partial charge in [-0.25, -0.2) is 0 Å². The van der Waals surface area contributed by atoms with Crippen molar-refractivity contribution < 1.29 is 4.42 Å². The summed E-state index contributed by atoms with van der Waals surface area (Å²) in [6.45, 7) is 0. The minimum Gasteiger partial charge on any atom is -0.468 e. The van der Waals surface area contributed by atoms with E-state index in [-0.39, 0.29) is 0 Å². The van der Waals surface area contributed by atoms with Crippen LogP contribution in [0.2, 0.25) is 5.02 Å². The van der Waals surface area contributed by atoms with Gasteiger partial charge in [0, 0.05) is 42.0 Å². The Kier molecular flexibility index (Phi) is 11.4. The summed E-state index contributed by atoms with van der Waals surface area (Å²) in [6.07, 6.45) is 7.10. The fourth-order valence-electron chi connectivity index (χ4n) is 1.55. The summed E-state index contributed by atoms with van der Waals surface area (Å²) >= 11 is 15.5. The van der Waals surface area contributed by atoms with Crippen LogP contribution in [0, 0.1) is 0 Å². The molecule has 0 bridgehead atoms. The highest BCUT2D eigenvalue weighted by atomic mass is 79.9. The molecule has 3 heterocycles. The third-order valence-electron chi connectivity index (χ3n) is 2.82. The van der Waals surface area contributed by atoms with Crippen molar-refractivity contribution >= 4 is 59.4 Å². The highest BCUT2D eigenvalue weighted by molar-refractivity contribution is 9.09. The molecule has 0 aromatic carbocycles. The van der Waals surface area contributed by atoms with Crippen LogP contribution in [0.5, 0.6) is 0 Å². The van der Waals surface area contributed by atoms with E-state index in [1.54, 1.807) is 18.7 Å². The van der Waals surface area contributed by atoms with Crippen molar-refractivity contribution in [1.29, 1.82) is 0 Å². The normalized spacial score (nSPS) is 9.54. The van der Waals surface area contributed by atoms with E-state index in [0.717, 1.165) is 27.3 Å². The van der Waals surface area contributed by atoms with Gasteiger partial charge in [-0.3, -0.25) is 4.98 Å². The highest BCUT2D eigenvalue weighted by Gasteiger charge is 1.90. The minimum absolute atomic E-state index is 0.687. The third-order valence-corrected chi connectivity index (χ3v) is 4.80. The van der Waals surface area contributed by atoms with Gasteiger partial charge in [0.25, 0.3) is 0 Å². The second-order valence-corrected chi connectivity index (χ2v) is 6.72. The SMILES string of the molecule is BrCc1ccco1.Clc1cncc(CBr)c1.Cn1cccc1CBr. The van der Waals surface area contributed by atoms with Crippen molar-refractivity contribution in [3.05, 3.63) is 77.2 Å². The molecule has 3 aromatic heterocycles. The molecule has 0 fully saturated rings. The molecule has 0 aliphatic rings. The molecule has 0 aliphatic carbocycles. The average molecular weight is 542 g/mol. The molecule has 3 nitrogen and oxygen atoms in total. The summed E-state index contributed by atoms with van der Waals surface area (Å²) in [7, 11) is 2.04.